The Morgan fingerprint density at radius 2 is 1.70 bits per heavy atom. The van der Waals surface area contributed by atoms with Crippen LogP contribution in [0.1, 0.15) is 70.3 Å². The summed E-state index contributed by atoms with van der Waals surface area (Å²) in [5.41, 5.74) is 5.56. The van der Waals surface area contributed by atoms with E-state index in [1.54, 1.807) is 5.57 Å². The van der Waals surface area contributed by atoms with E-state index in [-0.39, 0.29) is 6.10 Å². The number of benzene rings is 4. The molecule has 0 aliphatic heterocycles. The van der Waals surface area contributed by atoms with Crippen molar-refractivity contribution in [3.05, 3.63) is 84.0 Å². The second-order valence-corrected chi connectivity index (χ2v) is 14.9. The molecule has 8 atom stereocenters. The Labute approximate surface area is 238 Å². The number of rotatable bonds is 4. The van der Waals surface area contributed by atoms with Crippen molar-refractivity contribution < 1.29 is 5.11 Å². The van der Waals surface area contributed by atoms with Crippen molar-refractivity contribution in [2.24, 2.45) is 40.4 Å². The van der Waals surface area contributed by atoms with Gasteiger partial charge in [-0.05, 0) is 143 Å². The van der Waals surface area contributed by atoms with Crippen LogP contribution in [0.4, 0.5) is 0 Å². The van der Waals surface area contributed by atoms with E-state index in [1.807, 2.05) is 0 Å². The maximum Gasteiger partial charge on any atom is 0.0577 e. The monoisotopic (exact) mass is 526 g/mol. The van der Waals surface area contributed by atoms with E-state index >= 15 is 0 Å². The SMILES string of the molecule is C=C(CCc1ccc2ccc3cccc4ccc1c2c34)[C@H]1CCC2[C@@H]3CC=C4C[C@@H](O)CC[C@@]45CC(C[C@@]21C)[C@@H]35. The lowest BCUT2D eigenvalue weighted by Gasteiger charge is -2.69. The highest BCUT2D eigenvalue weighted by Gasteiger charge is 2.68. The Hall–Kier alpha value is -2.64. The minimum absolute atomic E-state index is 0.0890. The normalized spacial score (nSPS) is 38.1. The average Bonchev–Trinajstić information content (AvgIpc) is 3.31. The molecule has 0 aromatic heterocycles. The zero-order valence-electron chi connectivity index (χ0n) is 24.0. The van der Waals surface area contributed by atoms with Crippen molar-refractivity contribution in [2.75, 3.05) is 0 Å². The van der Waals surface area contributed by atoms with Crippen LogP contribution in [0.2, 0.25) is 0 Å². The van der Waals surface area contributed by atoms with E-state index in [1.165, 1.54) is 82.0 Å². The van der Waals surface area contributed by atoms with Gasteiger partial charge in [0.05, 0.1) is 6.10 Å². The van der Waals surface area contributed by atoms with Crippen molar-refractivity contribution in [3.8, 4) is 0 Å². The van der Waals surface area contributed by atoms with Crippen molar-refractivity contribution >= 4 is 32.3 Å². The number of hydrogen-bond donors (Lipinski definition) is 1. The first-order valence-electron chi connectivity index (χ1n) is 16.2. The maximum absolute atomic E-state index is 10.4. The Bertz CT molecular complexity index is 1690. The molecule has 5 aliphatic rings. The molecule has 9 rings (SSSR count). The predicted octanol–water partition coefficient (Wildman–Crippen LogP) is 9.62. The van der Waals surface area contributed by atoms with Gasteiger partial charge in [0, 0.05) is 0 Å². The number of aliphatic hydroxyl groups is 1. The first kappa shape index (κ1) is 24.0. The molecular formula is C39H42O. The summed E-state index contributed by atoms with van der Waals surface area (Å²) in [6.07, 6.45) is 14.8. The van der Waals surface area contributed by atoms with Crippen molar-refractivity contribution in [1.29, 1.82) is 0 Å². The first-order chi connectivity index (χ1) is 19.5. The van der Waals surface area contributed by atoms with Crippen LogP contribution in [-0.2, 0) is 6.42 Å². The van der Waals surface area contributed by atoms with Crippen LogP contribution in [0.3, 0.4) is 0 Å². The molecular weight excluding hydrogens is 484 g/mol. The Kier molecular flexibility index (Phi) is 4.93. The molecule has 0 bridgehead atoms. The number of aliphatic hydroxyl groups excluding tert-OH is 1. The summed E-state index contributed by atoms with van der Waals surface area (Å²) in [5, 5.41) is 18.8. The van der Waals surface area contributed by atoms with Crippen LogP contribution in [0.25, 0.3) is 32.3 Å². The third-order valence-electron chi connectivity index (χ3n) is 13.3. The van der Waals surface area contributed by atoms with E-state index in [4.69, 9.17) is 6.58 Å². The molecule has 4 saturated carbocycles. The summed E-state index contributed by atoms with van der Waals surface area (Å²) in [6.45, 7) is 7.49. The molecule has 204 valence electrons. The molecule has 0 saturated heterocycles. The highest BCUT2D eigenvalue weighted by atomic mass is 16.3. The van der Waals surface area contributed by atoms with Gasteiger partial charge in [0.15, 0.2) is 0 Å². The molecule has 4 fully saturated rings. The molecule has 1 nitrogen and oxygen atoms in total. The van der Waals surface area contributed by atoms with Gasteiger partial charge in [-0.2, -0.15) is 0 Å². The van der Waals surface area contributed by atoms with Crippen molar-refractivity contribution in [2.45, 2.75) is 77.2 Å². The number of hydrogen-bond acceptors (Lipinski definition) is 1. The van der Waals surface area contributed by atoms with E-state index in [0.29, 0.717) is 16.7 Å². The van der Waals surface area contributed by atoms with Crippen LogP contribution in [0.5, 0.6) is 0 Å². The lowest BCUT2D eigenvalue weighted by Crippen LogP contribution is -2.62. The van der Waals surface area contributed by atoms with Gasteiger partial charge in [0.2, 0.25) is 0 Å². The Balaban J connectivity index is 0.984. The fourth-order valence-corrected chi connectivity index (χ4v) is 11.8. The minimum Gasteiger partial charge on any atom is -0.393 e. The third-order valence-corrected chi connectivity index (χ3v) is 13.3. The van der Waals surface area contributed by atoms with Gasteiger partial charge in [-0.1, -0.05) is 85.3 Å². The van der Waals surface area contributed by atoms with E-state index in [9.17, 15) is 5.11 Å². The number of aryl methyl sites for hydroxylation is 1. The average molecular weight is 527 g/mol. The van der Waals surface area contributed by atoms with Gasteiger partial charge >= 0.3 is 0 Å². The molecule has 0 amide bonds. The first-order valence-corrected chi connectivity index (χ1v) is 16.2. The standard InChI is InChI=1S/C39H42O/c1-23(6-7-24-8-9-27-11-10-25-4-3-5-26-12-14-31(24)36(27)35(25)26)33-16-17-34-32-15-13-29-20-30(40)18-19-39(29)22-28(37(32)39)21-38(33,34)2/h3-5,8-14,28,30,32-34,37,40H,1,6-7,15-22H2,2H3/t28?,30-,32-,33+,34?,37-,38+,39+/m0/s1. The molecule has 4 aromatic carbocycles. The molecule has 2 unspecified atom stereocenters. The summed E-state index contributed by atoms with van der Waals surface area (Å²) in [4.78, 5) is 0. The fraction of sp³-hybridized carbons (Fsp3) is 0.487. The van der Waals surface area contributed by atoms with Crippen LogP contribution in [0, 0.1) is 40.4 Å². The van der Waals surface area contributed by atoms with Gasteiger partial charge < -0.3 is 5.11 Å². The van der Waals surface area contributed by atoms with Crippen LogP contribution in [0.15, 0.2) is 78.4 Å². The highest BCUT2D eigenvalue weighted by Crippen LogP contribution is 2.76. The highest BCUT2D eigenvalue weighted by molar-refractivity contribution is 6.23. The Morgan fingerprint density at radius 3 is 2.55 bits per heavy atom. The van der Waals surface area contributed by atoms with Gasteiger partial charge in [0.25, 0.3) is 0 Å². The molecule has 1 spiro atoms. The summed E-state index contributed by atoms with van der Waals surface area (Å²) in [6, 6.07) is 20.7. The quantitative estimate of drug-likeness (QED) is 0.207. The lowest BCUT2D eigenvalue weighted by atomic mass is 9.35. The molecule has 4 aromatic rings. The van der Waals surface area contributed by atoms with Gasteiger partial charge in [-0.25, -0.2) is 0 Å². The van der Waals surface area contributed by atoms with Gasteiger partial charge in [-0.15, -0.1) is 0 Å². The zero-order chi connectivity index (χ0) is 26.8. The molecule has 0 heterocycles. The van der Waals surface area contributed by atoms with Gasteiger partial charge in [0.1, 0.15) is 0 Å². The van der Waals surface area contributed by atoms with Crippen LogP contribution < -0.4 is 0 Å². The molecule has 5 aliphatic carbocycles. The molecule has 1 N–H and O–H groups in total. The fourth-order valence-electron chi connectivity index (χ4n) is 11.8. The van der Waals surface area contributed by atoms with Crippen LogP contribution in [-0.4, -0.2) is 11.2 Å². The second kappa shape index (κ2) is 8.22. The maximum atomic E-state index is 10.4. The zero-order valence-corrected chi connectivity index (χ0v) is 24.0. The second-order valence-electron chi connectivity index (χ2n) is 14.9. The molecule has 1 heteroatoms. The summed E-state index contributed by atoms with van der Waals surface area (Å²) in [5.74, 6) is 4.20. The topological polar surface area (TPSA) is 20.2 Å². The largest absolute Gasteiger partial charge is 0.393 e. The minimum atomic E-state index is -0.0890. The summed E-state index contributed by atoms with van der Waals surface area (Å²) < 4.78 is 0. The van der Waals surface area contributed by atoms with Crippen molar-refractivity contribution in [3.63, 3.8) is 0 Å². The van der Waals surface area contributed by atoms with E-state index in [0.717, 1.165) is 49.4 Å². The van der Waals surface area contributed by atoms with E-state index < -0.39 is 0 Å². The summed E-state index contributed by atoms with van der Waals surface area (Å²) in [7, 11) is 0. The summed E-state index contributed by atoms with van der Waals surface area (Å²) >= 11 is 0. The molecule has 0 radical (unpaired) electrons. The Morgan fingerprint density at radius 1 is 0.925 bits per heavy atom. The van der Waals surface area contributed by atoms with E-state index in [2.05, 4.69) is 67.6 Å². The predicted molar refractivity (Wildman–Crippen MR) is 167 cm³/mol. The van der Waals surface area contributed by atoms with Gasteiger partial charge in [-0.3, -0.25) is 0 Å². The smallest absolute Gasteiger partial charge is 0.0577 e. The molecule has 40 heavy (non-hydrogen) atoms. The lowest BCUT2D eigenvalue weighted by molar-refractivity contribution is -0.169. The number of allylic oxidation sites excluding steroid dienone is 2. The number of fused-ring (bicyclic) bond motifs is 2. The third kappa shape index (κ3) is 3.03. The van der Waals surface area contributed by atoms with Crippen LogP contribution >= 0.6 is 0 Å². The van der Waals surface area contributed by atoms with Crippen molar-refractivity contribution in [1.82, 2.24) is 0 Å².